The van der Waals surface area contributed by atoms with Crippen molar-refractivity contribution < 1.29 is 13.9 Å². The number of anilines is 1. The van der Waals surface area contributed by atoms with Crippen molar-refractivity contribution in [3.63, 3.8) is 0 Å². The predicted molar refractivity (Wildman–Crippen MR) is 89.3 cm³/mol. The first-order chi connectivity index (χ1) is 9.95. The summed E-state index contributed by atoms with van der Waals surface area (Å²) in [5.74, 6) is -0.154. The van der Waals surface area contributed by atoms with Gasteiger partial charge in [0.2, 0.25) is 0 Å². The lowest BCUT2D eigenvalue weighted by Gasteiger charge is -2.15. The number of carbonyl (C=O) groups excluding carboxylic acids is 1. The van der Waals surface area contributed by atoms with Crippen LogP contribution in [0.15, 0.2) is 42.5 Å². The Morgan fingerprint density at radius 1 is 1.33 bits per heavy atom. The smallest absolute Gasteiger partial charge is 0.265 e. The van der Waals surface area contributed by atoms with Gasteiger partial charge < -0.3 is 10.1 Å². The summed E-state index contributed by atoms with van der Waals surface area (Å²) < 4.78 is 19.2. The van der Waals surface area contributed by atoms with Gasteiger partial charge in [-0.3, -0.25) is 4.79 Å². The largest absolute Gasteiger partial charge is 0.481 e. The van der Waals surface area contributed by atoms with Crippen molar-refractivity contribution in [2.45, 2.75) is 13.0 Å². The van der Waals surface area contributed by atoms with Gasteiger partial charge in [0.25, 0.3) is 5.91 Å². The molecule has 1 atom stereocenters. The highest BCUT2D eigenvalue weighted by Gasteiger charge is 2.16. The van der Waals surface area contributed by atoms with Gasteiger partial charge in [-0.15, -0.1) is 0 Å². The number of carbonyl (C=O) groups is 1. The zero-order valence-electron chi connectivity index (χ0n) is 11.1. The number of amides is 1. The number of benzene rings is 2. The number of ether oxygens (including phenoxy) is 1. The van der Waals surface area contributed by atoms with Crippen LogP contribution in [0.25, 0.3) is 0 Å². The van der Waals surface area contributed by atoms with E-state index in [0.717, 1.165) is 0 Å². The minimum Gasteiger partial charge on any atom is -0.481 e. The zero-order valence-corrected chi connectivity index (χ0v) is 14.0. The van der Waals surface area contributed by atoms with Gasteiger partial charge in [-0.2, -0.15) is 0 Å². The Hall–Kier alpha value is -1.34. The normalized spacial score (nSPS) is 11.8. The van der Waals surface area contributed by atoms with Crippen molar-refractivity contribution in [3.8, 4) is 5.75 Å². The third-order valence-corrected chi connectivity index (χ3v) is 3.79. The molecule has 0 saturated heterocycles. The second kappa shape index (κ2) is 7.09. The van der Waals surface area contributed by atoms with E-state index in [-0.39, 0.29) is 11.7 Å². The molecule has 0 heterocycles. The maximum absolute atomic E-state index is 13.0. The minimum atomic E-state index is -0.704. The van der Waals surface area contributed by atoms with Crippen LogP contribution in [0.4, 0.5) is 10.1 Å². The van der Waals surface area contributed by atoms with E-state index in [4.69, 9.17) is 16.3 Å². The SMILES string of the molecule is CC(Oc1cccc(Cl)c1)C(=O)Nc1ccc(F)cc1I. The van der Waals surface area contributed by atoms with Crippen LogP contribution in [-0.4, -0.2) is 12.0 Å². The number of hydrogen-bond acceptors (Lipinski definition) is 2. The summed E-state index contributed by atoms with van der Waals surface area (Å²) in [6.45, 7) is 1.63. The summed E-state index contributed by atoms with van der Waals surface area (Å²) in [6.07, 6.45) is -0.704. The van der Waals surface area contributed by atoms with Gasteiger partial charge in [0.15, 0.2) is 6.10 Å². The molecular weight excluding hydrogens is 408 g/mol. The Labute approximate surface area is 140 Å². The lowest BCUT2D eigenvalue weighted by Crippen LogP contribution is -2.30. The van der Waals surface area contributed by atoms with Gasteiger partial charge in [0, 0.05) is 8.59 Å². The van der Waals surface area contributed by atoms with Gasteiger partial charge in [-0.25, -0.2) is 4.39 Å². The second-order valence-corrected chi connectivity index (χ2v) is 5.93. The number of halogens is 3. The molecule has 6 heteroatoms. The number of hydrogen-bond donors (Lipinski definition) is 1. The summed E-state index contributed by atoms with van der Waals surface area (Å²) in [7, 11) is 0. The molecule has 2 aromatic carbocycles. The summed E-state index contributed by atoms with van der Waals surface area (Å²) >= 11 is 7.81. The molecule has 0 bridgehead atoms. The van der Waals surface area contributed by atoms with Crippen molar-refractivity contribution in [2.24, 2.45) is 0 Å². The Kier molecular flexibility index (Phi) is 5.41. The van der Waals surface area contributed by atoms with E-state index in [1.807, 2.05) is 22.6 Å². The quantitative estimate of drug-likeness (QED) is 0.742. The van der Waals surface area contributed by atoms with E-state index >= 15 is 0 Å². The summed E-state index contributed by atoms with van der Waals surface area (Å²) in [6, 6.07) is 11.0. The van der Waals surface area contributed by atoms with Gasteiger partial charge in [-0.05, 0) is 65.9 Å². The van der Waals surface area contributed by atoms with Crippen LogP contribution in [0.3, 0.4) is 0 Å². The first-order valence-electron chi connectivity index (χ1n) is 6.14. The van der Waals surface area contributed by atoms with E-state index in [2.05, 4.69) is 5.32 Å². The highest BCUT2D eigenvalue weighted by atomic mass is 127. The van der Waals surface area contributed by atoms with Crippen molar-refractivity contribution in [3.05, 3.63) is 56.9 Å². The second-order valence-electron chi connectivity index (χ2n) is 4.33. The molecule has 110 valence electrons. The van der Waals surface area contributed by atoms with Crippen LogP contribution in [-0.2, 0) is 4.79 Å². The molecule has 2 rings (SSSR count). The van der Waals surface area contributed by atoms with Crippen LogP contribution in [0.1, 0.15) is 6.92 Å². The number of nitrogens with one attached hydrogen (secondary N) is 1. The van der Waals surface area contributed by atoms with E-state index in [1.54, 1.807) is 31.2 Å². The third kappa shape index (κ3) is 4.57. The molecule has 0 fully saturated rings. The maximum Gasteiger partial charge on any atom is 0.265 e. The molecule has 0 aliphatic carbocycles. The molecule has 0 spiro atoms. The van der Waals surface area contributed by atoms with Crippen molar-refractivity contribution >= 4 is 45.8 Å². The molecular formula is C15H12ClFINO2. The molecule has 1 N–H and O–H groups in total. The Balaban J connectivity index is 2.02. The zero-order chi connectivity index (χ0) is 15.4. The standard InChI is InChI=1S/C15H12ClFINO2/c1-9(21-12-4-2-3-10(16)7-12)15(20)19-14-6-5-11(17)8-13(14)18/h2-9H,1H3,(H,19,20). The average molecular weight is 420 g/mol. The average Bonchev–Trinajstić information content (AvgIpc) is 2.41. The predicted octanol–water partition coefficient (Wildman–Crippen LogP) is 4.49. The summed E-state index contributed by atoms with van der Waals surface area (Å²) in [4.78, 5) is 12.1. The topological polar surface area (TPSA) is 38.3 Å². The van der Waals surface area contributed by atoms with Gasteiger partial charge in [-0.1, -0.05) is 17.7 Å². The first kappa shape index (κ1) is 16.0. The molecule has 0 saturated carbocycles. The molecule has 0 aromatic heterocycles. The minimum absolute atomic E-state index is 0.320. The molecule has 1 amide bonds. The third-order valence-electron chi connectivity index (χ3n) is 2.67. The summed E-state index contributed by atoms with van der Waals surface area (Å²) in [5, 5.41) is 3.24. The lowest BCUT2D eigenvalue weighted by molar-refractivity contribution is -0.122. The molecule has 2 aromatic rings. The van der Waals surface area contributed by atoms with Gasteiger partial charge in [0.1, 0.15) is 11.6 Å². The molecule has 3 nitrogen and oxygen atoms in total. The van der Waals surface area contributed by atoms with Gasteiger partial charge >= 0.3 is 0 Å². The van der Waals surface area contributed by atoms with Crippen molar-refractivity contribution in [1.29, 1.82) is 0 Å². The number of rotatable bonds is 4. The fourth-order valence-electron chi connectivity index (χ4n) is 1.62. The molecule has 0 aliphatic heterocycles. The van der Waals surface area contributed by atoms with Crippen LogP contribution >= 0.6 is 34.2 Å². The van der Waals surface area contributed by atoms with Crippen LogP contribution in [0.2, 0.25) is 5.02 Å². The van der Waals surface area contributed by atoms with Gasteiger partial charge in [0.05, 0.1) is 5.69 Å². The molecule has 1 unspecified atom stereocenters. The van der Waals surface area contributed by atoms with Crippen molar-refractivity contribution in [1.82, 2.24) is 0 Å². The highest BCUT2D eigenvalue weighted by Crippen LogP contribution is 2.21. The molecule has 0 aliphatic rings. The van der Waals surface area contributed by atoms with Crippen LogP contribution in [0.5, 0.6) is 5.75 Å². The Morgan fingerprint density at radius 3 is 2.76 bits per heavy atom. The Morgan fingerprint density at radius 2 is 2.10 bits per heavy atom. The molecule has 0 radical (unpaired) electrons. The monoisotopic (exact) mass is 419 g/mol. The van der Waals surface area contributed by atoms with E-state index < -0.39 is 6.10 Å². The lowest BCUT2D eigenvalue weighted by atomic mass is 10.3. The van der Waals surface area contributed by atoms with Crippen LogP contribution in [0, 0.1) is 9.39 Å². The van der Waals surface area contributed by atoms with E-state index in [1.165, 1.54) is 18.2 Å². The van der Waals surface area contributed by atoms with Crippen LogP contribution < -0.4 is 10.1 Å². The molecule has 21 heavy (non-hydrogen) atoms. The maximum atomic E-state index is 13.0. The van der Waals surface area contributed by atoms with E-state index in [0.29, 0.717) is 20.0 Å². The first-order valence-corrected chi connectivity index (χ1v) is 7.59. The van der Waals surface area contributed by atoms with Crippen molar-refractivity contribution in [2.75, 3.05) is 5.32 Å². The summed E-state index contributed by atoms with van der Waals surface area (Å²) in [5.41, 5.74) is 0.545. The van der Waals surface area contributed by atoms with E-state index in [9.17, 15) is 9.18 Å². The fraction of sp³-hybridized carbons (Fsp3) is 0.133. The fourth-order valence-corrected chi connectivity index (χ4v) is 2.42. The highest BCUT2D eigenvalue weighted by molar-refractivity contribution is 14.1. The Bertz CT molecular complexity index is 666.